The standard InChI is InChI=1S/C21H16ClN3O2/c1-12-9-17-18(10-13(12)2)27-21(25-17)14-5-3-6-15(11-14)24-20(26)16-7-4-8-23-19(16)22/h3-11H,1-2H3,(H,24,26). The fourth-order valence-corrected chi connectivity index (χ4v) is 2.99. The van der Waals surface area contributed by atoms with Crippen molar-refractivity contribution in [3.05, 3.63) is 76.6 Å². The first-order valence-corrected chi connectivity index (χ1v) is 8.79. The first-order chi connectivity index (χ1) is 13.0. The van der Waals surface area contributed by atoms with Crippen LogP contribution < -0.4 is 5.32 Å². The Bertz CT molecular complexity index is 1130. The lowest BCUT2D eigenvalue weighted by Gasteiger charge is -2.07. The van der Waals surface area contributed by atoms with Gasteiger partial charge in [0, 0.05) is 17.4 Å². The van der Waals surface area contributed by atoms with Crippen molar-refractivity contribution >= 4 is 34.3 Å². The van der Waals surface area contributed by atoms with Crippen LogP contribution in [0.25, 0.3) is 22.6 Å². The van der Waals surface area contributed by atoms with E-state index in [1.165, 1.54) is 6.20 Å². The van der Waals surface area contributed by atoms with Crippen molar-refractivity contribution in [2.24, 2.45) is 0 Å². The number of fused-ring (bicyclic) bond motifs is 1. The maximum absolute atomic E-state index is 12.4. The molecule has 0 radical (unpaired) electrons. The summed E-state index contributed by atoms with van der Waals surface area (Å²) in [6.45, 7) is 4.08. The van der Waals surface area contributed by atoms with Gasteiger partial charge in [-0.05, 0) is 67.4 Å². The molecule has 5 nitrogen and oxygen atoms in total. The fraction of sp³-hybridized carbons (Fsp3) is 0.0952. The van der Waals surface area contributed by atoms with Gasteiger partial charge in [-0.2, -0.15) is 0 Å². The van der Waals surface area contributed by atoms with E-state index in [1.54, 1.807) is 18.2 Å². The number of benzene rings is 2. The third-order valence-electron chi connectivity index (χ3n) is 4.38. The lowest BCUT2D eigenvalue weighted by Crippen LogP contribution is -2.12. The maximum atomic E-state index is 12.4. The van der Waals surface area contributed by atoms with Crippen molar-refractivity contribution in [2.75, 3.05) is 5.32 Å². The number of amides is 1. The molecule has 2 aromatic carbocycles. The number of hydrogen-bond donors (Lipinski definition) is 1. The quantitative estimate of drug-likeness (QED) is 0.484. The Morgan fingerprint density at radius 3 is 2.70 bits per heavy atom. The van der Waals surface area contributed by atoms with Gasteiger partial charge in [0.1, 0.15) is 10.7 Å². The molecular weight excluding hydrogens is 362 g/mol. The van der Waals surface area contributed by atoms with Gasteiger partial charge in [0.05, 0.1) is 5.56 Å². The molecule has 0 fully saturated rings. The molecule has 0 saturated carbocycles. The summed E-state index contributed by atoms with van der Waals surface area (Å²) in [6.07, 6.45) is 1.54. The highest BCUT2D eigenvalue weighted by atomic mass is 35.5. The molecule has 0 aliphatic rings. The predicted molar refractivity (Wildman–Crippen MR) is 106 cm³/mol. The molecule has 0 atom stereocenters. The number of carbonyl (C=O) groups is 1. The Kier molecular flexibility index (Phi) is 4.38. The first-order valence-electron chi connectivity index (χ1n) is 8.41. The fourth-order valence-electron chi connectivity index (χ4n) is 2.79. The third kappa shape index (κ3) is 3.41. The zero-order chi connectivity index (χ0) is 19.0. The van der Waals surface area contributed by atoms with Gasteiger partial charge in [0.15, 0.2) is 5.58 Å². The molecule has 0 spiro atoms. The molecule has 2 heterocycles. The van der Waals surface area contributed by atoms with Crippen LogP contribution in [0.2, 0.25) is 5.15 Å². The lowest BCUT2D eigenvalue weighted by molar-refractivity contribution is 0.102. The Morgan fingerprint density at radius 1 is 1.07 bits per heavy atom. The van der Waals surface area contributed by atoms with Crippen LogP contribution >= 0.6 is 11.6 Å². The third-order valence-corrected chi connectivity index (χ3v) is 4.68. The molecule has 0 unspecified atom stereocenters. The van der Waals surface area contributed by atoms with Crippen LogP contribution in [-0.2, 0) is 0 Å². The van der Waals surface area contributed by atoms with Crippen LogP contribution in [0.5, 0.6) is 0 Å². The van der Waals surface area contributed by atoms with Gasteiger partial charge in [0.2, 0.25) is 5.89 Å². The number of aromatic nitrogens is 2. The predicted octanol–water partition coefficient (Wildman–Crippen LogP) is 5.41. The average Bonchev–Trinajstić information content (AvgIpc) is 3.05. The number of oxazole rings is 1. The molecule has 0 bridgehead atoms. The Hall–Kier alpha value is -3.18. The van der Waals surface area contributed by atoms with E-state index in [0.717, 1.165) is 27.8 Å². The number of nitrogens with zero attached hydrogens (tertiary/aromatic N) is 2. The minimum atomic E-state index is -0.325. The number of carbonyl (C=O) groups excluding carboxylic acids is 1. The van der Waals surface area contributed by atoms with Crippen LogP contribution in [0.1, 0.15) is 21.5 Å². The van der Waals surface area contributed by atoms with Gasteiger partial charge in [-0.3, -0.25) is 4.79 Å². The number of hydrogen-bond acceptors (Lipinski definition) is 4. The summed E-state index contributed by atoms with van der Waals surface area (Å²) in [5.74, 6) is 0.180. The second-order valence-corrected chi connectivity index (χ2v) is 6.66. The largest absolute Gasteiger partial charge is 0.436 e. The molecule has 27 heavy (non-hydrogen) atoms. The number of nitrogens with one attached hydrogen (secondary N) is 1. The van der Waals surface area contributed by atoms with Crippen molar-refractivity contribution in [3.63, 3.8) is 0 Å². The van der Waals surface area contributed by atoms with Crippen LogP contribution in [-0.4, -0.2) is 15.9 Å². The van der Waals surface area contributed by atoms with Gasteiger partial charge >= 0.3 is 0 Å². The number of aryl methyl sites for hydroxylation is 2. The zero-order valence-corrected chi connectivity index (χ0v) is 15.5. The molecule has 0 aliphatic heterocycles. The van der Waals surface area contributed by atoms with Crippen LogP contribution in [0.3, 0.4) is 0 Å². The second-order valence-electron chi connectivity index (χ2n) is 6.30. The van der Waals surface area contributed by atoms with E-state index >= 15 is 0 Å². The van der Waals surface area contributed by atoms with E-state index in [2.05, 4.69) is 15.3 Å². The second kappa shape index (κ2) is 6.85. The van der Waals surface area contributed by atoms with Gasteiger partial charge < -0.3 is 9.73 Å². The van der Waals surface area contributed by atoms with E-state index in [9.17, 15) is 4.79 Å². The molecule has 1 amide bonds. The van der Waals surface area contributed by atoms with Crippen LogP contribution in [0, 0.1) is 13.8 Å². The minimum Gasteiger partial charge on any atom is -0.436 e. The normalized spacial score (nSPS) is 10.9. The summed E-state index contributed by atoms with van der Waals surface area (Å²) in [7, 11) is 0. The Morgan fingerprint density at radius 2 is 1.89 bits per heavy atom. The molecule has 1 N–H and O–H groups in total. The highest BCUT2D eigenvalue weighted by Gasteiger charge is 2.13. The van der Waals surface area contributed by atoms with Gasteiger partial charge in [-0.25, -0.2) is 9.97 Å². The molecular formula is C21H16ClN3O2. The number of rotatable bonds is 3. The maximum Gasteiger partial charge on any atom is 0.258 e. The number of pyridine rings is 1. The smallest absolute Gasteiger partial charge is 0.258 e. The summed E-state index contributed by atoms with van der Waals surface area (Å²) in [5, 5.41) is 2.99. The van der Waals surface area contributed by atoms with Crippen molar-refractivity contribution in [1.82, 2.24) is 9.97 Å². The zero-order valence-electron chi connectivity index (χ0n) is 14.8. The SMILES string of the molecule is Cc1cc2nc(-c3cccc(NC(=O)c4cccnc4Cl)c3)oc2cc1C. The molecule has 0 saturated heterocycles. The first kappa shape index (κ1) is 17.2. The van der Waals surface area contributed by atoms with E-state index in [0.29, 0.717) is 17.1 Å². The molecule has 134 valence electrons. The summed E-state index contributed by atoms with van der Waals surface area (Å²) in [5.41, 5.74) is 5.58. The van der Waals surface area contributed by atoms with Crippen molar-refractivity contribution in [1.29, 1.82) is 0 Å². The monoisotopic (exact) mass is 377 g/mol. The molecule has 6 heteroatoms. The highest BCUT2D eigenvalue weighted by molar-refractivity contribution is 6.33. The summed E-state index contributed by atoms with van der Waals surface area (Å²) in [4.78, 5) is 20.9. The van der Waals surface area contributed by atoms with E-state index in [1.807, 2.05) is 44.2 Å². The molecule has 4 aromatic rings. The van der Waals surface area contributed by atoms with Gasteiger partial charge in [-0.1, -0.05) is 17.7 Å². The number of anilines is 1. The van der Waals surface area contributed by atoms with E-state index in [4.69, 9.17) is 16.0 Å². The molecule has 2 aromatic heterocycles. The van der Waals surface area contributed by atoms with Crippen molar-refractivity contribution in [2.45, 2.75) is 13.8 Å². The van der Waals surface area contributed by atoms with Crippen molar-refractivity contribution < 1.29 is 9.21 Å². The van der Waals surface area contributed by atoms with E-state index in [-0.39, 0.29) is 11.1 Å². The molecule has 4 rings (SSSR count). The lowest BCUT2D eigenvalue weighted by atomic mass is 10.1. The number of halogens is 1. The Labute approximate surface area is 161 Å². The summed E-state index contributed by atoms with van der Waals surface area (Å²) in [6, 6.07) is 14.6. The van der Waals surface area contributed by atoms with Gasteiger partial charge in [-0.15, -0.1) is 0 Å². The van der Waals surface area contributed by atoms with Crippen molar-refractivity contribution in [3.8, 4) is 11.5 Å². The van der Waals surface area contributed by atoms with Gasteiger partial charge in [0.25, 0.3) is 5.91 Å². The minimum absolute atomic E-state index is 0.163. The van der Waals surface area contributed by atoms with Crippen LogP contribution in [0.4, 0.5) is 5.69 Å². The van der Waals surface area contributed by atoms with Crippen LogP contribution in [0.15, 0.2) is 59.1 Å². The Balaban J connectivity index is 1.65. The summed E-state index contributed by atoms with van der Waals surface area (Å²) >= 11 is 5.99. The molecule has 0 aliphatic carbocycles. The average molecular weight is 378 g/mol. The highest BCUT2D eigenvalue weighted by Crippen LogP contribution is 2.28. The topological polar surface area (TPSA) is 68.0 Å². The van der Waals surface area contributed by atoms with E-state index < -0.39 is 0 Å². The summed E-state index contributed by atoms with van der Waals surface area (Å²) < 4.78 is 5.90.